The predicted molar refractivity (Wildman–Crippen MR) is 99.2 cm³/mol. The molecule has 3 rings (SSSR count). The fourth-order valence-electron chi connectivity index (χ4n) is 3.62. The van der Waals surface area contributed by atoms with Crippen LogP contribution in [0.3, 0.4) is 0 Å². The molecule has 1 aliphatic heterocycles. The van der Waals surface area contributed by atoms with Crippen molar-refractivity contribution in [1.82, 2.24) is 9.80 Å². The summed E-state index contributed by atoms with van der Waals surface area (Å²) in [4.78, 5) is 17.0. The Hall–Kier alpha value is -1.07. The van der Waals surface area contributed by atoms with Gasteiger partial charge in [0.25, 0.3) is 0 Å². The molecule has 132 valence electrons. The first-order valence-electron chi connectivity index (χ1n) is 9.12. The van der Waals surface area contributed by atoms with Gasteiger partial charge in [-0.15, -0.1) is 0 Å². The lowest BCUT2D eigenvalue weighted by atomic mass is 9.88. The molecule has 1 saturated carbocycles. The van der Waals surface area contributed by atoms with Crippen molar-refractivity contribution >= 4 is 21.8 Å². The average Bonchev–Trinajstić information content (AvgIpc) is 2.64. The molecule has 0 unspecified atom stereocenters. The summed E-state index contributed by atoms with van der Waals surface area (Å²) < 4.78 is 6.85. The molecule has 5 heteroatoms. The molecule has 1 aromatic carbocycles. The summed E-state index contributed by atoms with van der Waals surface area (Å²) in [5, 5.41) is 0. The molecule has 0 radical (unpaired) electrons. The maximum absolute atomic E-state index is 12.6. The summed E-state index contributed by atoms with van der Waals surface area (Å²) in [5.74, 6) is 1.61. The van der Waals surface area contributed by atoms with Crippen molar-refractivity contribution in [2.45, 2.75) is 32.1 Å². The van der Waals surface area contributed by atoms with Crippen LogP contribution in [-0.2, 0) is 4.79 Å². The third-order valence-electron chi connectivity index (χ3n) is 5.13. The second kappa shape index (κ2) is 8.86. The topological polar surface area (TPSA) is 32.8 Å². The summed E-state index contributed by atoms with van der Waals surface area (Å²) >= 11 is 3.43. The zero-order valence-corrected chi connectivity index (χ0v) is 15.8. The van der Waals surface area contributed by atoms with Crippen LogP contribution in [0.25, 0.3) is 0 Å². The van der Waals surface area contributed by atoms with E-state index >= 15 is 0 Å². The van der Waals surface area contributed by atoms with Crippen molar-refractivity contribution in [3.63, 3.8) is 0 Å². The molecule has 24 heavy (non-hydrogen) atoms. The van der Waals surface area contributed by atoms with Crippen LogP contribution in [0.1, 0.15) is 32.1 Å². The number of rotatable bonds is 5. The quantitative estimate of drug-likeness (QED) is 0.765. The molecule has 1 saturated heterocycles. The second-order valence-corrected chi connectivity index (χ2v) is 7.72. The maximum Gasteiger partial charge on any atom is 0.225 e. The second-order valence-electron chi connectivity index (χ2n) is 6.80. The molecule has 0 N–H and O–H groups in total. The van der Waals surface area contributed by atoms with Crippen LogP contribution in [0.15, 0.2) is 28.7 Å². The van der Waals surface area contributed by atoms with Crippen LogP contribution in [0.4, 0.5) is 0 Å². The molecule has 2 fully saturated rings. The number of halogens is 1. The molecule has 1 amide bonds. The van der Waals surface area contributed by atoms with Gasteiger partial charge in [0.2, 0.25) is 5.91 Å². The maximum atomic E-state index is 12.6. The fourth-order valence-corrected chi connectivity index (χ4v) is 3.89. The SMILES string of the molecule is O=C(C1CCCCC1)N1CCN(CCOc2ccc(Br)cc2)CC1. The number of carbonyl (C=O) groups is 1. The van der Waals surface area contributed by atoms with Crippen LogP contribution in [-0.4, -0.2) is 55.0 Å². The van der Waals surface area contributed by atoms with Gasteiger partial charge in [0, 0.05) is 43.1 Å². The number of carbonyl (C=O) groups excluding carboxylic acids is 1. The Balaban J connectivity index is 1.35. The summed E-state index contributed by atoms with van der Waals surface area (Å²) in [6.45, 7) is 5.27. The molecular weight excluding hydrogens is 368 g/mol. The Bertz CT molecular complexity index is 521. The highest BCUT2D eigenvalue weighted by Gasteiger charge is 2.28. The summed E-state index contributed by atoms with van der Waals surface area (Å²) in [7, 11) is 0. The number of benzene rings is 1. The van der Waals surface area contributed by atoms with E-state index in [0.717, 1.165) is 55.8 Å². The smallest absolute Gasteiger partial charge is 0.225 e. The molecular formula is C19H27BrN2O2. The molecule has 1 heterocycles. The molecule has 1 aliphatic carbocycles. The Morgan fingerprint density at radius 1 is 1.04 bits per heavy atom. The van der Waals surface area contributed by atoms with Gasteiger partial charge in [-0.3, -0.25) is 9.69 Å². The first-order chi connectivity index (χ1) is 11.7. The van der Waals surface area contributed by atoms with Gasteiger partial charge < -0.3 is 9.64 Å². The van der Waals surface area contributed by atoms with Gasteiger partial charge in [0.15, 0.2) is 0 Å². The van der Waals surface area contributed by atoms with Gasteiger partial charge in [0.05, 0.1) is 0 Å². The lowest BCUT2D eigenvalue weighted by Crippen LogP contribution is -2.51. The summed E-state index contributed by atoms with van der Waals surface area (Å²) in [6, 6.07) is 7.94. The summed E-state index contributed by atoms with van der Waals surface area (Å²) in [5.41, 5.74) is 0. The zero-order valence-electron chi connectivity index (χ0n) is 14.3. The lowest BCUT2D eigenvalue weighted by molar-refractivity contribution is -0.138. The van der Waals surface area contributed by atoms with Crippen molar-refractivity contribution in [2.24, 2.45) is 5.92 Å². The minimum Gasteiger partial charge on any atom is -0.492 e. The van der Waals surface area contributed by atoms with Crippen molar-refractivity contribution in [3.05, 3.63) is 28.7 Å². The summed E-state index contributed by atoms with van der Waals surface area (Å²) in [6.07, 6.45) is 5.95. The first kappa shape index (κ1) is 17.7. The van der Waals surface area contributed by atoms with E-state index in [1.165, 1.54) is 19.3 Å². The van der Waals surface area contributed by atoms with Gasteiger partial charge in [0.1, 0.15) is 12.4 Å². The molecule has 0 bridgehead atoms. The lowest BCUT2D eigenvalue weighted by Gasteiger charge is -2.37. The minimum absolute atomic E-state index is 0.297. The minimum atomic E-state index is 0.297. The van der Waals surface area contributed by atoms with Crippen molar-refractivity contribution in [2.75, 3.05) is 39.3 Å². The van der Waals surface area contributed by atoms with E-state index in [4.69, 9.17) is 4.74 Å². The van der Waals surface area contributed by atoms with Gasteiger partial charge in [-0.25, -0.2) is 0 Å². The Labute approximate surface area is 153 Å². The van der Waals surface area contributed by atoms with Gasteiger partial charge in [-0.2, -0.15) is 0 Å². The standard InChI is InChI=1S/C19H27BrN2O2/c20-17-6-8-18(9-7-17)24-15-14-21-10-12-22(13-11-21)19(23)16-4-2-1-3-5-16/h6-9,16H,1-5,10-15H2. The average molecular weight is 395 g/mol. The van der Waals surface area contributed by atoms with Crippen LogP contribution in [0, 0.1) is 5.92 Å². The predicted octanol–water partition coefficient (Wildman–Crippen LogP) is 3.55. The van der Waals surface area contributed by atoms with E-state index in [2.05, 4.69) is 25.7 Å². The first-order valence-corrected chi connectivity index (χ1v) is 9.91. The van der Waals surface area contributed by atoms with E-state index in [1.54, 1.807) is 0 Å². The number of amides is 1. The van der Waals surface area contributed by atoms with E-state index in [9.17, 15) is 4.79 Å². The number of hydrogen-bond acceptors (Lipinski definition) is 3. The molecule has 1 aromatic rings. The monoisotopic (exact) mass is 394 g/mol. The third-order valence-corrected chi connectivity index (χ3v) is 5.66. The van der Waals surface area contributed by atoms with Crippen molar-refractivity contribution < 1.29 is 9.53 Å². The third kappa shape index (κ3) is 4.96. The van der Waals surface area contributed by atoms with Gasteiger partial charge in [-0.1, -0.05) is 35.2 Å². The van der Waals surface area contributed by atoms with Crippen molar-refractivity contribution in [1.29, 1.82) is 0 Å². The van der Waals surface area contributed by atoms with Gasteiger partial charge in [-0.05, 0) is 37.1 Å². The van der Waals surface area contributed by atoms with Gasteiger partial charge >= 0.3 is 0 Å². The highest BCUT2D eigenvalue weighted by Crippen LogP contribution is 2.25. The molecule has 0 atom stereocenters. The Morgan fingerprint density at radius 2 is 1.71 bits per heavy atom. The molecule has 0 aromatic heterocycles. The normalized spacial score (nSPS) is 20.1. The Kier molecular flexibility index (Phi) is 6.55. The largest absolute Gasteiger partial charge is 0.492 e. The number of piperazine rings is 1. The van der Waals surface area contributed by atoms with Crippen LogP contribution < -0.4 is 4.74 Å². The van der Waals surface area contributed by atoms with Crippen LogP contribution in [0.5, 0.6) is 5.75 Å². The number of hydrogen-bond donors (Lipinski definition) is 0. The highest BCUT2D eigenvalue weighted by atomic mass is 79.9. The fraction of sp³-hybridized carbons (Fsp3) is 0.632. The van der Waals surface area contributed by atoms with E-state index in [-0.39, 0.29) is 0 Å². The van der Waals surface area contributed by atoms with Crippen LogP contribution in [0.2, 0.25) is 0 Å². The van der Waals surface area contributed by atoms with Crippen LogP contribution >= 0.6 is 15.9 Å². The molecule has 4 nitrogen and oxygen atoms in total. The van der Waals surface area contributed by atoms with E-state index in [0.29, 0.717) is 18.4 Å². The Morgan fingerprint density at radius 3 is 2.38 bits per heavy atom. The molecule has 2 aliphatic rings. The van der Waals surface area contributed by atoms with E-state index < -0.39 is 0 Å². The number of nitrogens with zero attached hydrogens (tertiary/aromatic N) is 2. The molecule has 0 spiro atoms. The zero-order chi connectivity index (χ0) is 16.8. The number of ether oxygens (including phenoxy) is 1. The highest BCUT2D eigenvalue weighted by molar-refractivity contribution is 9.10. The van der Waals surface area contributed by atoms with E-state index in [1.807, 2.05) is 24.3 Å². The van der Waals surface area contributed by atoms with Crippen molar-refractivity contribution in [3.8, 4) is 5.75 Å².